The van der Waals surface area contributed by atoms with Crippen LogP contribution >= 0.6 is 40.7 Å². The molecule has 8 heteroatoms. The molecule has 0 bridgehead atoms. The summed E-state index contributed by atoms with van der Waals surface area (Å²) in [7, 11) is 0. The summed E-state index contributed by atoms with van der Waals surface area (Å²) in [5.41, 5.74) is 1.54. The van der Waals surface area contributed by atoms with Gasteiger partial charge in [-0.05, 0) is 52.0 Å². The molecule has 0 fully saturated rings. The van der Waals surface area contributed by atoms with E-state index < -0.39 is 0 Å². The molecule has 0 heterocycles. The minimum atomic E-state index is -0.371. The van der Waals surface area contributed by atoms with Crippen LogP contribution in [0.2, 0.25) is 0 Å². The van der Waals surface area contributed by atoms with Crippen molar-refractivity contribution in [3.63, 3.8) is 0 Å². The molecule has 0 radical (unpaired) electrons. The van der Waals surface area contributed by atoms with Crippen LogP contribution in [-0.4, -0.2) is 21.9 Å². The Bertz CT molecular complexity index is 615. The van der Waals surface area contributed by atoms with Gasteiger partial charge in [-0.1, -0.05) is 51.8 Å². The van der Waals surface area contributed by atoms with Gasteiger partial charge in [-0.15, -0.1) is 24.8 Å². The predicted octanol–water partition coefficient (Wildman–Crippen LogP) is 1.69. The molecule has 0 aliphatic rings. The van der Waals surface area contributed by atoms with Crippen molar-refractivity contribution in [2.45, 2.75) is 33.2 Å². The maximum absolute atomic E-state index is 11.9. The fourth-order valence-corrected chi connectivity index (χ4v) is 1.83. The van der Waals surface area contributed by atoms with Crippen LogP contribution in [0.15, 0.2) is 59.1 Å². The molecule has 0 spiro atoms. The molecule has 26 heavy (non-hydrogen) atoms. The molecule has 0 aliphatic carbocycles. The molecule has 2 aromatic carbocycles. The third-order valence-electron chi connectivity index (χ3n) is 2.97. The van der Waals surface area contributed by atoms with Crippen LogP contribution in [-0.2, 0) is 0 Å². The molecule has 0 saturated heterocycles. The zero-order valence-electron chi connectivity index (χ0n) is 16.8. The van der Waals surface area contributed by atoms with Gasteiger partial charge in [-0.2, -0.15) is 0 Å². The van der Waals surface area contributed by atoms with Crippen LogP contribution in [0.5, 0.6) is 0 Å². The van der Waals surface area contributed by atoms with E-state index in [4.69, 9.17) is 5.84 Å². The molecule has 0 aliphatic heterocycles. The largest absolute Gasteiger partial charge is 1.00 e. The zero-order valence-corrected chi connectivity index (χ0v) is 21.0. The average molecular weight is 478 g/mol. The molecule has 0 atom stereocenters. The number of benzene rings is 2. The third kappa shape index (κ3) is 12.3. The zero-order chi connectivity index (χ0) is 16.8. The Morgan fingerprint density at radius 3 is 1.73 bits per heavy atom. The quantitative estimate of drug-likeness (QED) is 0.293. The minimum absolute atomic E-state index is 0. The van der Waals surface area contributed by atoms with E-state index in [-0.39, 0.29) is 72.7 Å². The minimum Gasteiger partial charge on any atom is -1.00 e. The molecule has 4 nitrogen and oxygen atoms in total. The number of halogens is 3. The fraction of sp³-hybridized carbons (Fsp3) is 0.278. The normalized spacial score (nSPS) is 8.85. The SMILES string of the molecule is CC(C)(C)N(N)C(=O)c1ccc(Br)cc1.Cc1ccccc1.Cl.Cl.O.[H-].[Na+]. The van der Waals surface area contributed by atoms with E-state index in [1.165, 1.54) is 10.6 Å². The smallest absolute Gasteiger partial charge is 1.00 e. The Labute approximate surface area is 200 Å². The van der Waals surface area contributed by atoms with Gasteiger partial charge in [0.1, 0.15) is 0 Å². The van der Waals surface area contributed by atoms with Crippen molar-refractivity contribution in [1.29, 1.82) is 0 Å². The number of aryl methyl sites for hydroxylation is 1. The average Bonchev–Trinajstić information content (AvgIpc) is 2.47. The van der Waals surface area contributed by atoms with Crippen molar-refractivity contribution in [2.75, 3.05) is 0 Å². The van der Waals surface area contributed by atoms with Crippen molar-refractivity contribution >= 4 is 46.7 Å². The van der Waals surface area contributed by atoms with Crippen LogP contribution in [0.1, 0.15) is 38.1 Å². The monoisotopic (exact) mass is 476 g/mol. The number of carbonyl (C=O) groups is 1. The predicted molar refractivity (Wildman–Crippen MR) is 115 cm³/mol. The molecule has 2 aromatic rings. The second-order valence-corrected chi connectivity index (χ2v) is 6.92. The molecule has 1 amide bonds. The Morgan fingerprint density at radius 2 is 1.42 bits per heavy atom. The van der Waals surface area contributed by atoms with Gasteiger partial charge in [0, 0.05) is 10.0 Å². The number of amides is 1. The topological polar surface area (TPSA) is 77.8 Å². The molecule has 2 rings (SSSR count). The Hall–Kier alpha value is -0.110. The maximum Gasteiger partial charge on any atom is 1.00 e. The van der Waals surface area contributed by atoms with Crippen molar-refractivity contribution in [1.82, 2.24) is 5.01 Å². The summed E-state index contributed by atoms with van der Waals surface area (Å²) >= 11 is 3.31. The van der Waals surface area contributed by atoms with Gasteiger partial charge < -0.3 is 6.90 Å². The summed E-state index contributed by atoms with van der Waals surface area (Å²) in [6, 6.07) is 17.4. The van der Waals surface area contributed by atoms with Crippen molar-refractivity contribution < 1.29 is 41.3 Å². The standard InChI is InChI=1S/C11H15BrN2O.C7H8.2ClH.Na.H2O.H/c1-11(2,3)14(13)10(15)8-4-6-9(12)7-5-8;1-7-5-3-2-4-6-7;;;;;/h4-7H,13H2,1-3H3;2-6H,1H3;2*1H;;1H2;/q;;;;+1;;-1. The first-order chi connectivity index (χ1) is 10.2. The summed E-state index contributed by atoms with van der Waals surface area (Å²) in [4.78, 5) is 11.9. The van der Waals surface area contributed by atoms with Gasteiger partial charge in [0.25, 0.3) is 5.91 Å². The molecule has 0 aromatic heterocycles. The molecular weight excluding hydrogens is 450 g/mol. The van der Waals surface area contributed by atoms with Crippen LogP contribution in [0, 0.1) is 6.92 Å². The van der Waals surface area contributed by atoms with Crippen LogP contribution < -0.4 is 35.4 Å². The number of hydrogen-bond donors (Lipinski definition) is 1. The molecule has 4 N–H and O–H groups in total. The van der Waals surface area contributed by atoms with Gasteiger partial charge in [-0.3, -0.25) is 9.80 Å². The second-order valence-electron chi connectivity index (χ2n) is 6.01. The van der Waals surface area contributed by atoms with Crippen LogP contribution in [0.4, 0.5) is 0 Å². The van der Waals surface area contributed by atoms with Gasteiger partial charge >= 0.3 is 29.6 Å². The number of nitrogens with two attached hydrogens (primary N) is 1. The van der Waals surface area contributed by atoms with Gasteiger partial charge in [0.05, 0.1) is 5.54 Å². The van der Waals surface area contributed by atoms with E-state index in [9.17, 15) is 4.79 Å². The number of nitrogens with zero attached hydrogens (tertiary/aromatic N) is 1. The first-order valence-corrected chi connectivity index (χ1v) is 7.87. The molecule has 0 saturated carbocycles. The van der Waals surface area contributed by atoms with Crippen LogP contribution in [0.3, 0.4) is 0 Å². The van der Waals surface area contributed by atoms with E-state index in [0.717, 1.165) is 4.47 Å². The summed E-state index contributed by atoms with van der Waals surface area (Å²) in [5.74, 6) is 5.57. The number of hydrazine groups is 1. The van der Waals surface area contributed by atoms with E-state index in [1.807, 2.05) is 51.1 Å². The third-order valence-corrected chi connectivity index (χ3v) is 3.50. The Balaban J connectivity index is -0.000000117. The van der Waals surface area contributed by atoms with E-state index >= 15 is 0 Å². The first kappa shape index (κ1) is 33.5. The summed E-state index contributed by atoms with van der Waals surface area (Å²) in [5, 5.41) is 1.25. The summed E-state index contributed by atoms with van der Waals surface area (Å²) < 4.78 is 0.943. The molecule has 144 valence electrons. The van der Waals surface area contributed by atoms with E-state index in [2.05, 4.69) is 35.0 Å². The fourth-order valence-electron chi connectivity index (χ4n) is 1.57. The number of hydrogen-bond acceptors (Lipinski definition) is 2. The van der Waals surface area contributed by atoms with Crippen molar-refractivity contribution in [3.8, 4) is 0 Å². The maximum atomic E-state index is 11.9. The summed E-state index contributed by atoms with van der Waals surface area (Å²) in [6.45, 7) is 7.76. The first-order valence-electron chi connectivity index (χ1n) is 7.08. The van der Waals surface area contributed by atoms with Crippen molar-refractivity contribution in [3.05, 3.63) is 70.2 Å². The van der Waals surface area contributed by atoms with E-state index in [1.54, 1.807) is 12.1 Å². The summed E-state index contributed by atoms with van der Waals surface area (Å²) in [6.07, 6.45) is 0. The second kappa shape index (κ2) is 15.9. The van der Waals surface area contributed by atoms with Gasteiger partial charge in [-0.25, -0.2) is 5.84 Å². The van der Waals surface area contributed by atoms with E-state index in [0.29, 0.717) is 5.56 Å². The van der Waals surface area contributed by atoms with Crippen molar-refractivity contribution in [2.24, 2.45) is 5.84 Å². The van der Waals surface area contributed by atoms with Gasteiger partial charge in [0.2, 0.25) is 0 Å². The number of carbonyl (C=O) groups excluding carboxylic acids is 1. The Morgan fingerprint density at radius 1 is 1.00 bits per heavy atom. The molecule has 0 unspecified atom stereocenters. The van der Waals surface area contributed by atoms with Crippen LogP contribution in [0.25, 0.3) is 0 Å². The van der Waals surface area contributed by atoms with Gasteiger partial charge in [0.15, 0.2) is 0 Å². The number of rotatable bonds is 1. The molecular formula is C18H28BrCl2N2NaO2. The Kier molecular flexibility index (Phi) is 20.5.